The molecule has 11 nitrogen and oxygen atoms in total. The lowest BCUT2D eigenvalue weighted by molar-refractivity contribution is -0.384. The van der Waals surface area contributed by atoms with Crippen LogP contribution in [-0.4, -0.2) is 30.1 Å². The van der Waals surface area contributed by atoms with E-state index in [2.05, 4.69) is 15.8 Å². The number of nitrogens with two attached hydrogens (primary N) is 1. The summed E-state index contributed by atoms with van der Waals surface area (Å²) in [5, 5.41) is 23.3. The zero-order chi connectivity index (χ0) is 25.2. The number of rotatable bonds is 6. The van der Waals surface area contributed by atoms with Crippen molar-refractivity contribution in [1.29, 1.82) is 0 Å². The third kappa shape index (κ3) is 5.32. The van der Waals surface area contributed by atoms with Gasteiger partial charge in [-0.2, -0.15) is 5.10 Å². The second-order valence-corrected chi connectivity index (χ2v) is 9.40. The van der Waals surface area contributed by atoms with Crippen molar-refractivity contribution in [1.82, 2.24) is 5.43 Å². The Hall–Kier alpha value is -4.20. The van der Waals surface area contributed by atoms with Crippen LogP contribution in [0.25, 0.3) is 0 Å². The summed E-state index contributed by atoms with van der Waals surface area (Å²) in [6.07, 6.45) is 0. The number of nitrogens with zero attached hydrogens (tertiary/aromatic N) is 3. The Morgan fingerprint density at radius 2 is 1.83 bits per heavy atom. The highest BCUT2D eigenvalue weighted by Crippen LogP contribution is 2.33. The minimum absolute atomic E-state index is 0.0367. The number of thiocarbonyl (C=S) groups is 1. The van der Waals surface area contributed by atoms with Crippen molar-refractivity contribution < 1.29 is 18.1 Å². The summed E-state index contributed by atoms with van der Waals surface area (Å²) in [6.45, 7) is 0.243. The number of fused-ring (bicyclic) bond motifs is 1. The fourth-order valence-corrected chi connectivity index (χ4v) is 4.19. The van der Waals surface area contributed by atoms with Gasteiger partial charge in [0.1, 0.15) is 0 Å². The van der Waals surface area contributed by atoms with Gasteiger partial charge in [-0.05, 0) is 42.0 Å². The van der Waals surface area contributed by atoms with Crippen molar-refractivity contribution in [2.75, 3.05) is 10.2 Å². The van der Waals surface area contributed by atoms with Crippen molar-refractivity contribution in [3.8, 4) is 0 Å². The molecule has 0 spiro atoms. The van der Waals surface area contributed by atoms with E-state index in [1.807, 2.05) is 30.3 Å². The fourth-order valence-electron chi connectivity index (χ4n) is 3.46. The SMILES string of the molecule is NS(=O)(=O)c1cccc(NC(=S)NN=C2C(=O)N(Cc3ccccc3)c3ccc([N+](=O)[O-])cc32)c1. The number of carbonyl (C=O) groups is 1. The van der Waals surface area contributed by atoms with E-state index < -0.39 is 20.9 Å². The molecule has 13 heteroatoms. The molecule has 0 saturated carbocycles. The van der Waals surface area contributed by atoms with Crippen LogP contribution in [0.4, 0.5) is 17.1 Å². The lowest BCUT2D eigenvalue weighted by Crippen LogP contribution is -2.32. The van der Waals surface area contributed by atoms with Gasteiger partial charge in [0.2, 0.25) is 10.0 Å². The Balaban J connectivity index is 1.60. The third-order valence-corrected chi connectivity index (χ3v) is 6.16. The monoisotopic (exact) mass is 510 g/mol. The maximum atomic E-state index is 13.2. The van der Waals surface area contributed by atoms with Crippen molar-refractivity contribution in [3.05, 3.63) is 94.0 Å². The van der Waals surface area contributed by atoms with Gasteiger partial charge < -0.3 is 10.2 Å². The van der Waals surface area contributed by atoms with E-state index in [9.17, 15) is 23.3 Å². The second-order valence-electron chi connectivity index (χ2n) is 7.43. The maximum absolute atomic E-state index is 13.2. The van der Waals surface area contributed by atoms with Crippen LogP contribution in [0.15, 0.2) is 82.8 Å². The molecule has 0 aliphatic carbocycles. The van der Waals surface area contributed by atoms with Gasteiger partial charge >= 0.3 is 0 Å². The Morgan fingerprint density at radius 1 is 1.09 bits per heavy atom. The number of benzene rings is 3. The molecule has 3 aromatic carbocycles. The number of carbonyl (C=O) groups excluding carboxylic acids is 1. The molecular formula is C22H18N6O5S2. The van der Waals surface area contributed by atoms with Crippen LogP contribution in [0.3, 0.4) is 0 Å². The van der Waals surface area contributed by atoms with Crippen LogP contribution >= 0.6 is 12.2 Å². The highest BCUT2D eigenvalue weighted by Gasteiger charge is 2.35. The van der Waals surface area contributed by atoms with Crippen LogP contribution < -0.4 is 20.8 Å². The van der Waals surface area contributed by atoms with Gasteiger partial charge in [0, 0.05) is 23.4 Å². The van der Waals surface area contributed by atoms with E-state index in [1.54, 1.807) is 6.07 Å². The van der Waals surface area contributed by atoms with Gasteiger partial charge in [-0.15, -0.1) is 0 Å². The predicted molar refractivity (Wildman–Crippen MR) is 134 cm³/mol. The molecule has 0 saturated heterocycles. The zero-order valence-corrected chi connectivity index (χ0v) is 19.5. The van der Waals surface area contributed by atoms with E-state index in [1.165, 1.54) is 41.3 Å². The van der Waals surface area contributed by atoms with Crippen molar-refractivity contribution in [3.63, 3.8) is 0 Å². The average Bonchev–Trinajstić information content (AvgIpc) is 3.08. The molecule has 0 unspecified atom stereocenters. The molecule has 1 amide bonds. The van der Waals surface area contributed by atoms with Gasteiger partial charge in [0.15, 0.2) is 10.8 Å². The topological polar surface area (TPSA) is 160 Å². The minimum atomic E-state index is -3.91. The van der Waals surface area contributed by atoms with Crippen LogP contribution in [0.2, 0.25) is 0 Å². The van der Waals surface area contributed by atoms with Crippen molar-refractivity contribution in [2.45, 2.75) is 11.4 Å². The summed E-state index contributed by atoms with van der Waals surface area (Å²) in [5.41, 5.74) is 4.26. The van der Waals surface area contributed by atoms with Crippen molar-refractivity contribution in [2.24, 2.45) is 10.2 Å². The molecule has 1 aliphatic heterocycles. The average molecular weight is 511 g/mol. The Bertz CT molecular complexity index is 1470. The maximum Gasteiger partial charge on any atom is 0.279 e. The molecule has 0 atom stereocenters. The number of nitrogens with one attached hydrogen (secondary N) is 2. The number of primary sulfonamides is 1. The molecule has 4 rings (SSSR count). The molecule has 1 aliphatic rings. The molecule has 1 heterocycles. The Kier molecular flexibility index (Phi) is 6.55. The summed E-state index contributed by atoms with van der Waals surface area (Å²) in [7, 11) is -3.91. The van der Waals surface area contributed by atoms with Gasteiger partial charge in [-0.25, -0.2) is 13.6 Å². The first-order chi connectivity index (χ1) is 16.6. The highest BCUT2D eigenvalue weighted by atomic mass is 32.2. The van der Waals surface area contributed by atoms with Gasteiger partial charge in [0.05, 0.1) is 22.1 Å². The number of anilines is 2. The molecule has 0 bridgehead atoms. The first-order valence-corrected chi connectivity index (χ1v) is 12.0. The summed E-state index contributed by atoms with van der Waals surface area (Å²) in [6, 6.07) is 19.1. The number of hydrogen-bond acceptors (Lipinski definition) is 7. The van der Waals surface area contributed by atoms with E-state index in [4.69, 9.17) is 17.4 Å². The lowest BCUT2D eigenvalue weighted by atomic mass is 10.1. The fraction of sp³-hybridized carbons (Fsp3) is 0.0455. The summed E-state index contributed by atoms with van der Waals surface area (Å²) in [4.78, 5) is 25.3. The zero-order valence-electron chi connectivity index (χ0n) is 17.9. The van der Waals surface area contributed by atoms with E-state index in [0.717, 1.165) is 5.56 Å². The van der Waals surface area contributed by atoms with Crippen LogP contribution in [0.1, 0.15) is 11.1 Å². The van der Waals surface area contributed by atoms with Gasteiger partial charge in [-0.1, -0.05) is 36.4 Å². The molecular weight excluding hydrogens is 492 g/mol. The molecule has 0 radical (unpaired) electrons. The molecule has 3 aromatic rings. The molecule has 0 fully saturated rings. The Morgan fingerprint density at radius 3 is 2.51 bits per heavy atom. The number of non-ortho nitro benzene ring substituents is 1. The molecule has 4 N–H and O–H groups in total. The first kappa shape index (κ1) is 23.9. The van der Waals surface area contributed by atoms with Crippen LogP contribution in [0.5, 0.6) is 0 Å². The van der Waals surface area contributed by atoms with Crippen LogP contribution in [0, 0.1) is 10.1 Å². The summed E-state index contributed by atoms with van der Waals surface area (Å²) in [5.74, 6) is -0.462. The normalized spacial score (nSPS) is 14.0. The lowest BCUT2D eigenvalue weighted by Gasteiger charge is -2.16. The number of hydrazone groups is 1. The quantitative estimate of drug-likeness (QED) is 0.259. The summed E-state index contributed by atoms with van der Waals surface area (Å²) >= 11 is 5.20. The van der Waals surface area contributed by atoms with Crippen LogP contribution in [-0.2, 0) is 21.4 Å². The van der Waals surface area contributed by atoms with Gasteiger partial charge in [-0.3, -0.25) is 20.3 Å². The number of nitro groups is 1. The summed E-state index contributed by atoms with van der Waals surface area (Å²) < 4.78 is 23.1. The van der Waals surface area contributed by atoms with E-state index >= 15 is 0 Å². The molecule has 178 valence electrons. The number of nitro benzene ring substituents is 1. The third-order valence-electron chi connectivity index (χ3n) is 5.06. The predicted octanol–water partition coefficient (Wildman–Crippen LogP) is 2.48. The second kappa shape index (κ2) is 9.58. The number of sulfonamides is 1. The number of amides is 1. The number of hydrogen-bond donors (Lipinski definition) is 3. The Labute approximate surface area is 205 Å². The highest BCUT2D eigenvalue weighted by molar-refractivity contribution is 7.89. The molecule has 0 aromatic heterocycles. The van der Waals surface area contributed by atoms with Gasteiger partial charge in [0.25, 0.3) is 11.6 Å². The van der Waals surface area contributed by atoms with E-state index in [-0.39, 0.29) is 33.5 Å². The smallest absolute Gasteiger partial charge is 0.279 e. The standard InChI is InChI=1S/C22H18N6O5S2/c23-35(32,33)17-8-4-7-15(11-17)24-22(34)26-25-20-18-12-16(28(30)31)9-10-19(18)27(21(20)29)13-14-5-2-1-3-6-14/h1-12H,13H2,(H2,23,32,33)(H2,24,26,34). The largest absolute Gasteiger partial charge is 0.331 e. The molecule has 35 heavy (non-hydrogen) atoms. The first-order valence-electron chi connectivity index (χ1n) is 10.1. The minimum Gasteiger partial charge on any atom is -0.331 e. The van der Waals surface area contributed by atoms with E-state index in [0.29, 0.717) is 11.4 Å². The van der Waals surface area contributed by atoms with Crippen molar-refractivity contribution >= 4 is 56.0 Å².